The quantitative estimate of drug-likeness (QED) is 0.594. The van der Waals surface area contributed by atoms with E-state index >= 15 is 0 Å². The van der Waals surface area contributed by atoms with Crippen molar-refractivity contribution in [1.29, 1.82) is 0 Å². The Balaban J connectivity index is 1.47. The average Bonchev–Trinajstić information content (AvgIpc) is 2.74. The maximum atomic E-state index is 12.2. The first-order chi connectivity index (χ1) is 14.7. The predicted molar refractivity (Wildman–Crippen MR) is 118 cm³/mol. The van der Waals surface area contributed by atoms with Crippen LogP contribution in [-0.4, -0.2) is 42.1 Å². The van der Waals surface area contributed by atoms with Crippen molar-refractivity contribution in [1.82, 2.24) is 5.32 Å². The summed E-state index contributed by atoms with van der Waals surface area (Å²) < 4.78 is 5.01. The number of carbonyl (C=O) groups is 4. The number of benzene rings is 2. The Bertz CT molecular complexity index is 1050. The van der Waals surface area contributed by atoms with Gasteiger partial charge in [-0.3, -0.25) is 14.4 Å². The molecule has 2 aromatic carbocycles. The van der Waals surface area contributed by atoms with E-state index in [1.165, 1.54) is 17.8 Å². The van der Waals surface area contributed by atoms with Gasteiger partial charge in [-0.05, 0) is 56.2 Å². The highest BCUT2D eigenvalue weighted by molar-refractivity contribution is 8.00. The summed E-state index contributed by atoms with van der Waals surface area (Å²) in [6, 6.07) is 10.4. The zero-order chi connectivity index (χ0) is 22.5. The van der Waals surface area contributed by atoms with Gasteiger partial charge in [0.2, 0.25) is 11.8 Å². The lowest BCUT2D eigenvalue weighted by Gasteiger charge is -2.21. The molecule has 8 nitrogen and oxygen atoms in total. The van der Waals surface area contributed by atoms with Gasteiger partial charge >= 0.3 is 5.97 Å². The molecule has 1 aliphatic heterocycles. The number of esters is 1. The monoisotopic (exact) mass is 441 g/mol. The van der Waals surface area contributed by atoms with Gasteiger partial charge in [-0.2, -0.15) is 0 Å². The van der Waals surface area contributed by atoms with E-state index < -0.39 is 18.5 Å². The molecule has 3 amide bonds. The predicted octanol–water partition coefficient (Wildman–Crippen LogP) is 2.65. The second-order valence-corrected chi connectivity index (χ2v) is 8.49. The molecule has 2 aromatic rings. The standard InChI is InChI=1S/C22H23N3O5S/c1-12-5-4-6-16(13(12)2)24-19(26)10-23-20(27)11-30-22(29)15-7-8-18-17(9-15)25-21(28)14(3)31-18/h4-9,14H,10-11H2,1-3H3,(H,23,27)(H,24,26)(H,25,28). The van der Waals surface area contributed by atoms with Crippen molar-refractivity contribution in [3.05, 3.63) is 53.1 Å². The fraction of sp³-hybridized carbons (Fsp3) is 0.273. The number of anilines is 2. The molecule has 1 unspecified atom stereocenters. The minimum Gasteiger partial charge on any atom is -0.452 e. The van der Waals surface area contributed by atoms with E-state index in [-0.39, 0.29) is 29.2 Å². The number of ether oxygens (including phenoxy) is 1. The number of amides is 3. The van der Waals surface area contributed by atoms with Crippen LogP contribution in [0.2, 0.25) is 0 Å². The number of hydrogen-bond acceptors (Lipinski definition) is 6. The van der Waals surface area contributed by atoms with Crippen molar-refractivity contribution in [2.75, 3.05) is 23.8 Å². The lowest BCUT2D eigenvalue weighted by atomic mass is 10.1. The fourth-order valence-corrected chi connectivity index (χ4v) is 3.79. The van der Waals surface area contributed by atoms with Crippen LogP contribution in [0.15, 0.2) is 41.3 Å². The molecule has 0 saturated heterocycles. The van der Waals surface area contributed by atoms with Crippen LogP contribution in [0.5, 0.6) is 0 Å². The van der Waals surface area contributed by atoms with Gasteiger partial charge in [0.15, 0.2) is 6.61 Å². The van der Waals surface area contributed by atoms with Crippen molar-refractivity contribution in [2.45, 2.75) is 30.9 Å². The largest absolute Gasteiger partial charge is 0.452 e. The Labute approximate surface area is 184 Å². The molecule has 3 N–H and O–H groups in total. The van der Waals surface area contributed by atoms with Gasteiger partial charge in [0.1, 0.15) is 0 Å². The highest BCUT2D eigenvalue weighted by atomic mass is 32.2. The van der Waals surface area contributed by atoms with Crippen LogP contribution in [0, 0.1) is 13.8 Å². The summed E-state index contributed by atoms with van der Waals surface area (Å²) in [4.78, 5) is 48.9. The Hall–Kier alpha value is -3.33. The van der Waals surface area contributed by atoms with Crippen LogP contribution >= 0.6 is 11.8 Å². The number of aryl methyl sites for hydroxylation is 1. The molecule has 0 fully saturated rings. The number of nitrogens with one attached hydrogen (secondary N) is 3. The zero-order valence-corrected chi connectivity index (χ0v) is 18.2. The fourth-order valence-electron chi connectivity index (χ4n) is 2.86. The molecule has 3 rings (SSSR count). The molecule has 0 aliphatic carbocycles. The van der Waals surface area contributed by atoms with E-state index in [0.29, 0.717) is 11.4 Å². The Morgan fingerprint density at radius 3 is 2.68 bits per heavy atom. The molecule has 1 heterocycles. The summed E-state index contributed by atoms with van der Waals surface area (Å²) in [6.07, 6.45) is 0. The van der Waals surface area contributed by atoms with Gasteiger partial charge in [0, 0.05) is 10.6 Å². The van der Waals surface area contributed by atoms with Crippen molar-refractivity contribution in [2.24, 2.45) is 0 Å². The normalized spacial score (nSPS) is 14.8. The third kappa shape index (κ3) is 5.64. The smallest absolute Gasteiger partial charge is 0.338 e. The minimum absolute atomic E-state index is 0.137. The van der Waals surface area contributed by atoms with Crippen molar-refractivity contribution in [3.63, 3.8) is 0 Å². The van der Waals surface area contributed by atoms with Gasteiger partial charge in [-0.1, -0.05) is 12.1 Å². The SMILES string of the molecule is Cc1cccc(NC(=O)CNC(=O)COC(=O)c2ccc3c(c2)NC(=O)C(C)S3)c1C. The lowest BCUT2D eigenvalue weighted by Crippen LogP contribution is -2.35. The number of hydrogen-bond donors (Lipinski definition) is 3. The molecular formula is C22H23N3O5S. The maximum Gasteiger partial charge on any atom is 0.338 e. The van der Waals surface area contributed by atoms with Gasteiger partial charge in [0.05, 0.1) is 23.0 Å². The second kappa shape index (κ2) is 9.65. The van der Waals surface area contributed by atoms with E-state index in [1.807, 2.05) is 26.0 Å². The van der Waals surface area contributed by atoms with Crippen LogP contribution in [0.1, 0.15) is 28.4 Å². The third-order valence-corrected chi connectivity index (χ3v) is 5.98. The summed E-state index contributed by atoms with van der Waals surface area (Å²) in [5.41, 5.74) is 3.43. The van der Waals surface area contributed by atoms with Crippen LogP contribution in [0.4, 0.5) is 11.4 Å². The molecule has 1 atom stereocenters. The summed E-state index contributed by atoms with van der Waals surface area (Å²) in [6.45, 7) is 4.87. The van der Waals surface area contributed by atoms with Crippen LogP contribution in [0.25, 0.3) is 0 Å². The Morgan fingerprint density at radius 1 is 1.13 bits per heavy atom. The molecular weight excluding hydrogens is 418 g/mol. The van der Waals surface area contributed by atoms with Crippen LogP contribution < -0.4 is 16.0 Å². The molecule has 0 radical (unpaired) electrons. The molecule has 0 saturated carbocycles. The van der Waals surface area contributed by atoms with Crippen LogP contribution in [-0.2, 0) is 19.1 Å². The topological polar surface area (TPSA) is 114 Å². The summed E-state index contributed by atoms with van der Waals surface area (Å²) in [5, 5.41) is 7.68. The van der Waals surface area contributed by atoms with Crippen LogP contribution in [0.3, 0.4) is 0 Å². The molecule has 31 heavy (non-hydrogen) atoms. The van der Waals surface area contributed by atoms with Gasteiger partial charge in [0.25, 0.3) is 5.91 Å². The zero-order valence-electron chi connectivity index (χ0n) is 17.4. The summed E-state index contributed by atoms with van der Waals surface area (Å²) in [7, 11) is 0. The van der Waals surface area contributed by atoms with Gasteiger partial charge in [-0.15, -0.1) is 11.8 Å². The minimum atomic E-state index is -0.698. The number of thioether (sulfide) groups is 1. The lowest BCUT2D eigenvalue weighted by molar-refractivity contribution is -0.126. The van der Waals surface area contributed by atoms with Crippen molar-refractivity contribution < 1.29 is 23.9 Å². The Kier molecular flexibility index (Phi) is 6.96. The molecule has 9 heteroatoms. The third-order valence-electron chi connectivity index (χ3n) is 4.81. The molecule has 1 aliphatic rings. The highest BCUT2D eigenvalue weighted by Crippen LogP contribution is 2.36. The van der Waals surface area contributed by atoms with E-state index in [0.717, 1.165) is 16.0 Å². The van der Waals surface area contributed by atoms with E-state index in [9.17, 15) is 19.2 Å². The summed E-state index contributed by atoms with van der Waals surface area (Å²) >= 11 is 1.40. The molecule has 0 aromatic heterocycles. The second-order valence-electron chi connectivity index (χ2n) is 7.11. The first-order valence-corrected chi connectivity index (χ1v) is 10.5. The van der Waals surface area contributed by atoms with E-state index in [4.69, 9.17) is 4.74 Å². The molecule has 162 valence electrons. The number of fused-ring (bicyclic) bond motifs is 1. The van der Waals surface area contributed by atoms with Gasteiger partial charge in [-0.25, -0.2) is 4.79 Å². The van der Waals surface area contributed by atoms with Gasteiger partial charge < -0.3 is 20.7 Å². The first-order valence-electron chi connectivity index (χ1n) is 9.66. The van der Waals surface area contributed by atoms with Crippen molar-refractivity contribution in [3.8, 4) is 0 Å². The molecule has 0 spiro atoms. The summed E-state index contributed by atoms with van der Waals surface area (Å²) in [5.74, 6) is -1.82. The highest BCUT2D eigenvalue weighted by Gasteiger charge is 2.24. The Morgan fingerprint density at radius 2 is 1.90 bits per heavy atom. The number of rotatable bonds is 6. The average molecular weight is 442 g/mol. The van der Waals surface area contributed by atoms with E-state index in [2.05, 4.69) is 16.0 Å². The van der Waals surface area contributed by atoms with Crippen molar-refractivity contribution >= 4 is 46.8 Å². The number of carbonyl (C=O) groups excluding carboxylic acids is 4. The van der Waals surface area contributed by atoms with E-state index in [1.54, 1.807) is 25.1 Å². The molecule has 0 bridgehead atoms. The first kappa shape index (κ1) is 22.4. The maximum absolute atomic E-state index is 12.2.